The van der Waals surface area contributed by atoms with Gasteiger partial charge in [-0.15, -0.1) is 16.8 Å². The fraction of sp³-hybridized carbons (Fsp3) is 0.227. The number of carbonyl (C=O) groups is 1. The number of hydrogen-bond donors (Lipinski definition) is 0. The van der Waals surface area contributed by atoms with Gasteiger partial charge in [0.15, 0.2) is 16.8 Å². The van der Waals surface area contributed by atoms with E-state index in [1.165, 1.54) is 11.8 Å². The van der Waals surface area contributed by atoms with Gasteiger partial charge in [0, 0.05) is 17.7 Å². The van der Waals surface area contributed by atoms with Gasteiger partial charge in [-0.25, -0.2) is 0 Å². The van der Waals surface area contributed by atoms with E-state index in [-0.39, 0.29) is 11.5 Å². The highest BCUT2D eigenvalue weighted by atomic mass is 32.2. The standard InChI is InChI=1S/C22H23N3O2S/c1-4-13-25-21(18-8-6-7-16(3)14-18)23-24-22(25)28-15-20(26)17-9-11-19(12-10-17)27-5-2/h4,6-12,14H,1,5,13,15H2,2-3H3. The Labute approximate surface area is 169 Å². The van der Waals surface area contributed by atoms with E-state index in [2.05, 4.69) is 22.8 Å². The Hall–Kier alpha value is -2.86. The van der Waals surface area contributed by atoms with Gasteiger partial charge in [-0.3, -0.25) is 9.36 Å². The van der Waals surface area contributed by atoms with Gasteiger partial charge in [0.2, 0.25) is 0 Å². The number of ketones is 1. The highest BCUT2D eigenvalue weighted by molar-refractivity contribution is 7.99. The maximum Gasteiger partial charge on any atom is 0.192 e. The molecule has 0 unspecified atom stereocenters. The molecule has 3 rings (SSSR count). The number of benzene rings is 2. The number of hydrogen-bond acceptors (Lipinski definition) is 5. The van der Waals surface area contributed by atoms with E-state index in [9.17, 15) is 4.79 Å². The van der Waals surface area contributed by atoms with Crippen LogP contribution in [0.4, 0.5) is 0 Å². The van der Waals surface area contributed by atoms with E-state index < -0.39 is 0 Å². The van der Waals surface area contributed by atoms with Gasteiger partial charge in [-0.05, 0) is 44.2 Å². The second-order valence-corrected chi connectivity index (χ2v) is 7.19. The van der Waals surface area contributed by atoms with Crippen LogP contribution in [0.1, 0.15) is 22.8 Å². The number of nitrogens with zero attached hydrogens (tertiary/aromatic N) is 3. The third kappa shape index (κ3) is 4.70. The molecule has 0 bridgehead atoms. The molecule has 144 valence electrons. The average Bonchev–Trinajstić information content (AvgIpc) is 3.10. The third-order valence-electron chi connectivity index (χ3n) is 4.12. The molecule has 0 amide bonds. The molecule has 28 heavy (non-hydrogen) atoms. The molecule has 0 spiro atoms. The predicted molar refractivity (Wildman–Crippen MR) is 113 cm³/mol. The molecule has 0 atom stereocenters. The molecular weight excluding hydrogens is 370 g/mol. The molecule has 0 saturated carbocycles. The monoisotopic (exact) mass is 393 g/mol. The molecule has 2 aromatic carbocycles. The fourth-order valence-corrected chi connectivity index (χ4v) is 3.65. The van der Waals surface area contributed by atoms with Crippen molar-refractivity contribution >= 4 is 17.5 Å². The van der Waals surface area contributed by atoms with E-state index in [4.69, 9.17) is 4.74 Å². The number of allylic oxidation sites excluding steroid dienone is 1. The molecule has 0 aliphatic rings. The molecule has 3 aromatic rings. The number of aromatic nitrogens is 3. The Morgan fingerprint density at radius 3 is 2.68 bits per heavy atom. The van der Waals surface area contributed by atoms with Gasteiger partial charge in [0.05, 0.1) is 12.4 Å². The average molecular weight is 394 g/mol. The highest BCUT2D eigenvalue weighted by Crippen LogP contribution is 2.25. The van der Waals surface area contributed by atoms with Gasteiger partial charge >= 0.3 is 0 Å². The SMILES string of the molecule is C=CCn1c(SCC(=O)c2ccc(OCC)cc2)nnc1-c1cccc(C)c1. The summed E-state index contributed by atoms with van der Waals surface area (Å²) in [5.41, 5.74) is 2.81. The highest BCUT2D eigenvalue weighted by Gasteiger charge is 2.15. The largest absolute Gasteiger partial charge is 0.494 e. The number of rotatable bonds is 9. The van der Waals surface area contributed by atoms with Crippen LogP contribution in [0.25, 0.3) is 11.4 Å². The number of aryl methyl sites for hydroxylation is 1. The lowest BCUT2D eigenvalue weighted by atomic mass is 10.1. The lowest BCUT2D eigenvalue weighted by Crippen LogP contribution is -2.05. The van der Waals surface area contributed by atoms with Crippen LogP contribution < -0.4 is 4.74 Å². The Bertz CT molecular complexity index is 964. The zero-order valence-electron chi connectivity index (χ0n) is 16.1. The second kappa shape index (κ2) is 9.37. The maximum absolute atomic E-state index is 12.5. The van der Waals surface area contributed by atoms with Crippen LogP contribution >= 0.6 is 11.8 Å². The van der Waals surface area contributed by atoms with Crippen LogP contribution in [0, 0.1) is 6.92 Å². The molecule has 0 radical (unpaired) electrons. The van der Waals surface area contributed by atoms with Crippen LogP contribution in [0.2, 0.25) is 0 Å². The zero-order chi connectivity index (χ0) is 19.9. The van der Waals surface area contributed by atoms with Gasteiger partial charge < -0.3 is 4.74 Å². The summed E-state index contributed by atoms with van der Waals surface area (Å²) in [6.07, 6.45) is 1.81. The quantitative estimate of drug-likeness (QED) is 0.297. The van der Waals surface area contributed by atoms with Gasteiger partial charge in [0.25, 0.3) is 0 Å². The summed E-state index contributed by atoms with van der Waals surface area (Å²) in [5, 5.41) is 9.35. The smallest absolute Gasteiger partial charge is 0.192 e. The molecule has 6 heteroatoms. The predicted octanol–water partition coefficient (Wildman–Crippen LogP) is 4.81. The number of carbonyl (C=O) groups excluding carboxylic acids is 1. The van der Waals surface area contributed by atoms with Crippen molar-refractivity contribution in [2.24, 2.45) is 0 Å². The first kappa shape index (κ1) is 19.9. The Balaban J connectivity index is 1.75. The van der Waals surface area contributed by atoms with Crippen LogP contribution in [0.5, 0.6) is 5.75 Å². The van der Waals surface area contributed by atoms with Crippen molar-refractivity contribution in [3.05, 3.63) is 72.3 Å². The van der Waals surface area contributed by atoms with E-state index in [1.54, 1.807) is 18.2 Å². The summed E-state index contributed by atoms with van der Waals surface area (Å²) in [4.78, 5) is 12.5. The van der Waals surface area contributed by atoms with Gasteiger partial charge in [-0.1, -0.05) is 41.6 Å². The fourth-order valence-electron chi connectivity index (χ4n) is 2.80. The molecule has 0 saturated heterocycles. The van der Waals surface area contributed by atoms with E-state index in [0.717, 1.165) is 22.7 Å². The van der Waals surface area contributed by atoms with Gasteiger partial charge in [-0.2, -0.15) is 0 Å². The van der Waals surface area contributed by atoms with Crippen LogP contribution in [0.3, 0.4) is 0 Å². The number of ether oxygens (including phenoxy) is 1. The van der Waals surface area contributed by atoms with Gasteiger partial charge in [0.1, 0.15) is 5.75 Å². The Morgan fingerprint density at radius 1 is 1.21 bits per heavy atom. The molecule has 5 nitrogen and oxygen atoms in total. The minimum absolute atomic E-state index is 0.0401. The number of Topliss-reactive ketones (excluding diaryl/α,β-unsaturated/α-hetero) is 1. The maximum atomic E-state index is 12.5. The van der Waals surface area contributed by atoms with Crippen molar-refractivity contribution in [2.75, 3.05) is 12.4 Å². The van der Waals surface area contributed by atoms with Crippen molar-refractivity contribution in [3.63, 3.8) is 0 Å². The minimum Gasteiger partial charge on any atom is -0.494 e. The van der Waals surface area contributed by atoms with E-state index in [0.29, 0.717) is 23.9 Å². The summed E-state index contributed by atoms with van der Waals surface area (Å²) in [6, 6.07) is 15.3. The van der Waals surface area contributed by atoms with E-state index >= 15 is 0 Å². The first-order chi connectivity index (χ1) is 13.6. The zero-order valence-corrected chi connectivity index (χ0v) is 16.9. The van der Waals surface area contributed by atoms with Crippen molar-refractivity contribution in [1.82, 2.24) is 14.8 Å². The molecule has 1 heterocycles. The lowest BCUT2D eigenvalue weighted by molar-refractivity contribution is 0.102. The van der Waals surface area contributed by atoms with Crippen LogP contribution in [-0.2, 0) is 6.54 Å². The summed E-state index contributed by atoms with van der Waals surface area (Å²) in [5.74, 6) is 1.87. The molecule has 0 fully saturated rings. The summed E-state index contributed by atoms with van der Waals surface area (Å²) in [7, 11) is 0. The van der Waals surface area contributed by atoms with E-state index in [1.807, 2.05) is 48.7 Å². The molecule has 0 aliphatic carbocycles. The van der Waals surface area contributed by atoms with Crippen molar-refractivity contribution in [2.45, 2.75) is 25.5 Å². The number of thioether (sulfide) groups is 1. The summed E-state index contributed by atoms with van der Waals surface area (Å²) >= 11 is 1.38. The Morgan fingerprint density at radius 2 is 2.00 bits per heavy atom. The van der Waals surface area contributed by atoms with Crippen molar-refractivity contribution in [3.8, 4) is 17.1 Å². The summed E-state index contributed by atoms with van der Waals surface area (Å²) < 4.78 is 7.40. The van der Waals surface area contributed by atoms with Crippen molar-refractivity contribution in [1.29, 1.82) is 0 Å². The Kier molecular flexibility index (Phi) is 6.66. The van der Waals surface area contributed by atoms with Crippen LogP contribution in [-0.4, -0.2) is 32.9 Å². The van der Waals surface area contributed by atoms with Crippen molar-refractivity contribution < 1.29 is 9.53 Å². The minimum atomic E-state index is 0.0401. The molecule has 1 aromatic heterocycles. The second-order valence-electron chi connectivity index (χ2n) is 6.24. The van der Waals surface area contributed by atoms with Crippen LogP contribution in [0.15, 0.2) is 66.3 Å². The molecule has 0 aliphatic heterocycles. The normalized spacial score (nSPS) is 10.6. The topological polar surface area (TPSA) is 57.0 Å². The lowest BCUT2D eigenvalue weighted by Gasteiger charge is -2.08. The molecule has 0 N–H and O–H groups in total. The third-order valence-corrected chi connectivity index (χ3v) is 5.09. The first-order valence-corrected chi connectivity index (χ1v) is 10.1. The first-order valence-electron chi connectivity index (χ1n) is 9.12. The summed E-state index contributed by atoms with van der Waals surface area (Å²) in [6.45, 7) is 8.99. The molecular formula is C22H23N3O2S.